The lowest BCUT2D eigenvalue weighted by atomic mass is 9.92. The molecule has 3 nitrogen and oxygen atoms in total. The molecule has 1 aromatic carbocycles. The van der Waals surface area contributed by atoms with E-state index in [0.29, 0.717) is 5.92 Å². The van der Waals surface area contributed by atoms with Gasteiger partial charge in [-0.1, -0.05) is 49.3 Å². The molecule has 1 aromatic rings. The van der Waals surface area contributed by atoms with E-state index < -0.39 is 0 Å². The molecule has 1 spiro atoms. The number of oxime groups is 1. The normalized spacial score (nSPS) is 27.0. The van der Waals surface area contributed by atoms with Gasteiger partial charge in [-0.05, 0) is 11.5 Å². The van der Waals surface area contributed by atoms with Gasteiger partial charge in [0.25, 0.3) is 0 Å². The van der Waals surface area contributed by atoms with E-state index in [9.17, 15) is 0 Å². The number of likely N-dealkylation sites (tertiary alicyclic amines) is 1. The van der Waals surface area contributed by atoms with Crippen LogP contribution in [-0.2, 0) is 11.4 Å². The Morgan fingerprint density at radius 3 is 2.79 bits per heavy atom. The van der Waals surface area contributed by atoms with Crippen molar-refractivity contribution in [3.8, 4) is 0 Å². The fourth-order valence-electron chi connectivity index (χ4n) is 2.98. The van der Waals surface area contributed by atoms with Gasteiger partial charge in [-0.3, -0.25) is 4.90 Å². The van der Waals surface area contributed by atoms with E-state index in [1.807, 2.05) is 0 Å². The molecule has 0 aromatic heterocycles. The van der Waals surface area contributed by atoms with E-state index >= 15 is 0 Å². The third-order valence-electron chi connectivity index (χ3n) is 4.17. The highest BCUT2D eigenvalue weighted by molar-refractivity contribution is 5.87. The standard InChI is InChI=1S/C16H22N2O/c1-13(2)15-10-16(19-17-15)8-9-18(12-16)11-14-6-4-3-5-7-14/h3-7,13H,8-12H2,1-2H3. The van der Waals surface area contributed by atoms with Crippen molar-refractivity contribution in [3.05, 3.63) is 35.9 Å². The molecule has 1 saturated heterocycles. The largest absolute Gasteiger partial charge is 0.387 e. The van der Waals surface area contributed by atoms with Crippen molar-refractivity contribution in [2.75, 3.05) is 13.1 Å². The van der Waals surface area contributed by atoms with Crippen molar-refractivity contribution >= 4 is 5.71 Å². The van der Waals surface area contributed by atoms with E-state index in [1.54, 1.807) is 0 Å². The Labute approximate surface area is 115 Å². The van der Waals surface area contributed by atoms with Gasteiger partial charge in [0, 0.05) is 32.5 Å². The van der Waals surface area contributed by atoms with Crippen LogP contribution in [0.3, 0.4) is 0 Å². The van der Waals surface area contributed by atoms with Gasteiger partial charge >= 0.3 is 0 Å². The number of nitrogens with zero attached hydrogens (tertiary/aromatic N) is 2. The van der Waals surface area contributed by atoms with Gasteiger partial charge in [-0.25, -0.2) is 0 Å². The van der Waals surface area contributed by atoms with Crippen LogP contribution in [0.2, 0.25) is 0 Å². The molecule has 0 N–H and O–H groups in total. The van der Waals surface area contributed by atoms with Crippen molar-refractivity contribution in [3.63, 3.8) is 0 Å². The second-order valence-electron chi connectivity index (χ2n) is 6.13. The van der Waals surface area contributed by atoms with Crippen LogP contribution in [0.1, 0.15) is 32.3 Å². The summed E-state index contributed by atoms with van der Waals surface area (Å²) < 4.78 is 0. The lowest BCUT2D eigenvalue weighted by Crippen LogP contribution is -2.33. The van der Waals surface area contributed by atoms with E-state index in [4.69, 9.17) is 4.84 Å². The SMILES string of the molecule is CC(C)C1=NOC2(CCN(Cc3ccccc3)C2)C1. The van der Waals surface area contributed by atoms with Gasteiger partial charge in [0.05, 0.1) is 5.71 Å². The molecular weight excluding hydrogens is 236 g/mol. The minimum Gasteiger partial charge on any atom is -0.387 e. The van der Waals surface area contributed by atoms with Crippen LogP contribution in [0.5, 0.6) is 0 Å². The summed E-state index contributed by atoms with van der Waals surface area (Å²) in [5, 5.41) is 4.30. The molecule has 0 amide bonds. The van der Waals surface area contributed by atoms with Crippen LogP contribution in [0.15, 0.2) is 35.5 Å². The van der Waals surface area contributed by atoms with Gasteiger partial charge in [0.15, 0.2) is 5.60 Å². The van der Waals surface area contributed by atoms with Crippen LogP contribution >= 0.6 is 0 Å². The van der Waals surface area contributed by atoms with Crippen LogP contribution in [0, 0.1) is 5.92 Å². The summed E-state index contributed by atoms with van der Waals surface area (Å²) in [6.45, 7) is 7.51. The molecule has 0 saturated carbocycles. The summed E-state index contributed by atoms with van der Waals surface area (Å²) in [5.41, 5.74) is 2.57. The Bertz CT molecular complexity index is 469. The monoisotopic (exact) mass is 258 g/mol. The Balaban J connectivity index is 1.60. The highest BCUT2D eigenvalue weighted by Gasteiger charge is 2.45. The highest BCUT2D eigenvalue weighted by atomic mass is 16.7. The quantitative estimate of drug-likeness (QED) is 0.832. The minimum absolute atomic E-state index is 0.0333. The molecule has 2 aliphatic heterocycles. The number of benzene rings is 1. The zero-order valence-electron chi connectivity index (χ0n) is 11.8. The molecule has 2 heterocycles. The Morgan fingerprint density at radius 2 is 2.11 bits per heavy atom. The smallest absolute Gasteiger partial charge is 0.156 e. The van der Waals surface area contributed by atoms with Gasteiger partial charge in [-0.15, -0.1) is 0 Å². The fourth-order valence-corrected chi connectivity index (χ4v) is 2.98. The van der Waals surface area contributed by atoms with Crippen molar-refractivity contribution in [1.29, 1.82) is 0 Å². The summed E-state index contributed by atoms with van der Waals surface area (Å²) in [6, 6.07) is 10.7. The van der Waals surface area contributed by atoms with E-state index in [2.05, 4.69) is 54.2 Å². The van der Waals surface area contributed by atoms with E-state index in [-0.39, 0.29) is 5.60 Å². The van der Waals surface area contributed by atoms with Gasteiger partial charge in [0.2, 0.25) is 0 Å². The van der Waals surface area contributed by atoms with Gasteiger partial charge in [0.1, 0.15) is 0 Å². The molecule has 102 valence electrons. The summed E-state index contributed by atoms with van der Waals surface area (Å²) in [7, 11) is 0. The molecule has 1 unspecified atom stereocenters. The second kappa shape index (κ2) is 4.97. The molecule has 19 heavy (non-hydrogen) atoms. The van der Waals surface area contributed by atoms with Crippen LogP contribution in [-0.4, -0.2) is 29.3 Å². The Hall–Kier alpha value is -1.35. The maximum Gasteiger partial charge on any atom is 0.156 e. The zero-order valence-corrected chi connectivity index (χ0v) is 11.8. The van der Waals surface area contributed by atoms with Crippen LogP contribution in [0.4, 0.5) is 0 Å². The molecule has 3 heteroatoms. The topological polar surface area (TPSA) is 24.8 Å². The van der Waals surface area contributed by atoms with Crippen molar-refractivity contribution in [2.45, 2.75) is 38.8 Å². The fraction of sp³-hybridized carbons (Fsp3) is 0.562. The van der Waals surface area contributed by atoms with Crippen molar-refractivity contribution in [2.24, 2.45) is 11.1 Å². The second-order valence-corrected chi connectivity index (χ2v) is 6.13. The molecular formula is C16H22N2O. The van der Waals surface area contributed by atoms with Crippen molar-refractivity contribution < 1.29 is 4.84 Å². The maximum atomic E-state index is 5.79. The Morgan fingerprint density at radius 1 is 1.32 bits per heavy atom. The average molecular weight is 258 g/mol. The highest BCUT2D eigenvalue weighted by Crippen LogP contribution is 2.35. The molecule has 3 rings (SSSR count). The lowest BCUT2D eigenvalue weighted by molar-refractivity contribution is -0.0104. The first-order valence-electron chi connectivity index (χ1n) is 7.18. The molecule has 2 aliphatic rings. The van der Waals surface area contributed by atoms with Crippen LogP contribution in [0.25, 0.3) is 0 Å². The third kappa shape index (κ3) is 2.66. The predicted molar refractivity (Wildman–Crippen MR) is 77.0 cm³/mol. The predicted octanol–water partition coefficient (Wildman–Crippen LogP) is 3.06. The lowest BCUT2D eigenvalue weighted by Gasteiger charge is -2.22. The number of hydrogen-bond acceptors (Lipinski definition) is 3. The molecule has 0 radical (unpaired) electrons. The van der Waals surface area contributed by atoms with Gasteiger partial charge < -0.3 is 4.84 Å². The summed E-state index contributed by atoms with van der Waals surface area (Å²) in [4.78, 5) is 8.27. The first kappa shape index (κ1) is 12.7. The minimum atomic E-state index is -0.0333. The number of rotatable bonds is 3. The van der Waals surface area contributed by atoms with E-state index in [1.165, 1.54) is 11.3 Å². The van der Waals surface area contributed by atoms with Crippen molar-refractivity contribution in [1.82, 2.24) is 4.90 Å². The summed E-state index contributed by atoms with van der Waals surface area (Å²) >= 11 is 0. The maximum absolute atomic E-state index is 5.79. The zero-order chi connectivity index (χ0) is 13.3. The van der Waals surface area contributed by atoms with Gasteiger partial charge in [-0.2, -0.15) is 0 Å². The van der Waals surface area contributed by atoms with Crippen LogP contribution < -0.4 is 0 Å². The average Bonchev–Trinajstić information content (AvgIpc) is 2.99. The summed E-state index contributed by atoms with van der Waals surface area (Å²) in [6.07, 6.45) is 2.11. The molecule has 0 aliphatic carbocycles. The first-order valence-corrected chi connectivity index (χ1v) is 7.18. The first-order chi connectivity index (χ1) is 9.17. The Kier molecular flexibility index (Phi) is 3.31. The summed E-state index contributed by atoms with van der Waals surface area (Å²) in [5.74, 6) is 0.502. The number of hydrogen-bond donors (Lipinski definition) is 0. The third-order valence-corrected chi connectivity index (χ3v) is 4.17. The molecule has 0 bridgehead atoms. The van der Waals surface area contributed by atoms with E-state index in [0.717, 1.165) is 32.5 Å². The molecule has 1 atom stereocenters. The molecule has 1 fully saturated rings.